The second-order valence-electron chi connectivity index (χ2n) is 7.21. The van der Waals surface area contributed by atoms with Crippen molar-refractivity contribution in [2.75, 3.05) is 43.0 Å². The van der Waals surface area contributed by atoms with E-state index in [0.717, 1.165) is 37.7 Å². The highest BCUT2D eigenvalue weighted by Gasteiger charge is 2.33. The van der Waals surface area contributed by atoms with Crippen LogP contribution in [-0.4, -0.2) is 60.0 Å². The van der Waals surface area contributed by atoms with Gasteiger partial charge in [0.15, 0.2) is 0 Å². The number of carbonyl (C=O) groups excluding carboxylic acids is 1. The summed E-state index contributed by atoms with van der Waals surface area (Å²) in [4.78, 5) is 27.1. The van der Waals surface area contributed by atoms with Crippen LogP contribution in [0.2, 0.25) is 0 Å². The Morgan fingerprint density at radius 3 is 2.58 bits per heavy atom. The van der Waals surface area contributed by atoms with Crippen molar-refractivity contribution in [2.24, 2.45) is 0 Å². The fraction of sp³-hybridized carbons (Fsp3) is 0.450. The summed E-state index contributed by atoms with van der Waals surface area (Å²) >= 11 is 0. The van der Waals surface area contributed by atoms with E-state index in [4.69, 9.17) is 0 Å². The van der Waals surface area contributed by atoms with Crippen LogP contribution in [0.15, 0.2) is 42.7 Å². The molecule has 6 heteroatoms. The lowest BCUT2D eigenvalue weighted by Gasteiger charge is -2.33. The quantitative estimate of drug-likeness (QED) is 0.848. The summed E-state index contributed by atoms with van der Waals surface area (Å²) in [7, 11) is 1.85. The third-order valence-corrected chi connectivity index (χ3v) is 5.70. The molecule has 136 valence electrons. The molecule has 2 atom stereocenters. The molecule has 0 spiro atoms. The zero-order chi connectivity index (χ0) is 18.1. The van der Waals surface area contributed by atoms with Crippen molar-refractivity contribution in [3.8, 4) is 0 Å². The SMILES string of the molecule is CC1C(c2ccccc2)CCN1c1cc(N2CCN(C)C(=O)C2)ncn1. The standard InChI is InChI=1S/C20H25N5O/c1-15-17(16-6-4-3-5-7-16)8-9-25(15)19-12-18(21-14-22-19)24-11-10-23(2)20(26)13-24/h3-7,12,14-15,17H,8-11,13H2,1-2H3. The summed E-state index contributed by atoms with van der Waals surface area (Å²) in [6, 6.07) is 13.1. The second-order valence-corrected chi connectivity index (χ2v) is 7.21. The summed E-state index contributed by atoms with van der Waals surface area (Å²) in [6.07, 6.45) is 2.74. The van der Waals surface area contributed by atoms with E-state index in [1.54, 1.807) is 11.2 Å². The Balaban J connectivity index is 1.53. The number of hydrogen-bond acceptors (Lipinski definition) is 5. The van der Waals surface area contributed by atoms with Gasteiger partial charge in [0, 0.05) is 44.7 Å². The molecule has 6 nitrogen and oxygen atoms in total. The van der Waals surface area contributed by atoms with Gasteiger partial charge >= 0.3 is 0 Å². The fourth-order valence-electron chi connectivity index (χ4n) is 4.03. The predicted molar refractivity (Wildman–Crippen MR) is 102 cm³/mol. The Bertz CT molecular complexity index is 781. The molecule has 4 rings (SSSR count). The molecule has 0 saturated carbocycles. The lowest BCUT2D eigenvalue weighted by molar-refractivity contribution is -0.129. The molecule has 2 aliphatic heterocycles. The lowest BCUT2D eigenvalue weighted by atomic mass is 9.93. The smallest absolute Gasteiger partial charge is 0.241 e. The molecule has 1 aromatic carbocycles. The van der Waals surface area contributed by atoms with E-state index in [0.29, 0.717) is 18.5 Å². The van der Waals surface area contributed by atoms with Crippen LogP contribution < -0.4 is 9.80 Å². The number of piperazine rings is 1. The lowest BCUT2D eigenvalue weighted by Crippen LogP contribution is -2.48. The van der Waals surface area contributed by atoms with Crippen molar-refractivity contribution in [1.82, 2.24) is 14.9 Å². The number of likely N-dealkylation sites (N-methyl/N-ethyl adjacent to an activating group) is 1. The number of nitrogens with zero attached hydrogens (tertiary/aromatic N) is 5. The van der Waals surface area contributed by atoms with Crippen molar-refractivity contribution in [3.05, 3.63) is 48.3 Å². The third kappa shape index (κ3) is 3.11. The van der Waals surface area contributed by atoms with E-state index in [9.17, 15) is 4.79 Å². The number of anilines is 2. The van der Waals surface area contributed by atoms with Gasteiger partial charge in [0.25, 0.3) is 0 Å². The number of aromatic nitrogens is 2. The average Bonchev–Trinajstić information content (AvgIpc) is 3.06. The Hall–Kier alpha value is -2.63. The molecular formula is C20H25N5O. The van der Waals surface area contributed by atoms with Gasteiger partial charge in [-0.2, -0.15) is 0 Å². The molecule has 2 saturated heterocycles. The number of rotatable bonds is 3. The van der Waals surface area contributed by atoms with Crippen LogP contribution in [0.3, 0.4) is 0 Å². The minimum Gasteiger partial charge on any atom is -0.353 e. The molecule has 1 aromatic heterocycles. The first-order chi connectivity index (χ1) is 12.6. The Kier molecular flexibility index (Phi) is 4.49. The maximum absolute atomic E-state index is 12.0. The first-order valence-corrected chi connectivity index (χ1v) is 9.26. The van der Waals surface area contributed by atoms with Gasteiger partial charge in [0.1, 0.15) is 18.0 Å². The van der Waals surface area contributed by atoms with Gasteiger partial charge in [-0.25, -0.2) is 9.97 Å². The van der Waals surface area contributed by atoms with Crippen LogP contribution >= 0.6 is 0 Å². The van der Waals surface area contributed by atoms with E-state index >= 15 is 0 Å². The van der Waals surface area contributed by atoms with Crippen molar-refractivity contribution in [1.29, 1.82) is 0 Å². The average molecular weight is 351 g/mol. The highest BCUT2D eigenvalue weighted by molar-refractivity contribution is 5.82. The van der Waals surface area contributed by atoms with Crippen LogP contribution in [0.5, 0.6) is 0 Å². The maximum atomic E-state index is 12.0. The normalized spacial score (nSPS) is 23.6. The van der Waals surface area contributed by atoms with Gasteiger partial charge in [0.2, 0.25) is 5.91 Å². The molecule has 0 radical (unpaired) electrons. The monoisotopic (exact) mass is 351 g/mol. The molecule has 0 bridgehead atoms. The van der Waals surface area contributed by atoms with Crippen LogP contribution in [0, 0.1) is 0 Å². The van der Waals surface area contributed by atoms with Crippen LogP contribution in [0.1, 0.15) is 24.8 Å². The Morgan fingerprint density at radius 2 is 1.81 bits per heavy atom. The molecule has 0 N–H and O–H groups in total. The third-order valence-electron chi connectivity index (χ3n) is 5.70. The van der Waals surface area contributed by atoms with Crippen molar-refractivity contribution >= 4 is 17.5 Å². The highest BCUT2D eigenvalue weighted by Crippen LogP contribution is 2.36. The molecule has 1 amide bonds. The largest absolute Gasteiger partial charge is 0.353 e. The van der Waals surface area contributed by atoms with Gasteiger partial charge in [-0.15, -0.1) is 0 Å². The predicted octanol–water partition coefficient (Wildman–Crippen LogP) is 2.14. The summed E-state index contributed by atoms with van der Waals surface area (Å²) < 4.78 is 0. The van der Waals surface area contributed by atoms with Crippen LogP contribution in [0.4, 0.5) is 11.6 Å². The zero-order valence-electron chi connectivity index (χ0n) is 15.4. The molecule has 0 aliphatic carbocycles. The fourth-order valence-corrected chi connectivity index (χ4v) is 4.03. The maximum Gasteiger partial charge on any atom is 0.241 e. The van der Waals surface area contributed by atoms with Gasteiger partial charge in [-0.3, -0.25) is 4.79 Å². The molecule has 26 heavy (non-hydrogen) atoms. The van der Waals surface area contributed by atoms with E-state index in [1.807, 2.05) is 18.0 Å². The molecule has 2 aromatic rings. The molecular weight excluding hydrogens is 326 g/mol. The number of carbonyl (C=O) groups is 1. The first kappa shape index (κ1) is 16.8. The molecule has 3 heterocycles. The van der Waals surface area contributed by atoms with E-state index in [2.05, 4.69) is 52.1 Å². The second kappa shape index (κ2) is 6.94. The van der Waals surface area contributed by atoms with Gasteiger partial charge in [-0.1, -0.05) is 30.3 Å². The molecule has 2 fully saturated rings. The van der Waals surface area contributed by atoms with E-state index < -0.39 is 0 Å². The van der Waals surface area contributed by atoms with Gasteiger partial charge in [0.05, 0.1) is 6.54 Å². The topological polar surface area (TPSA) is 52.6 Å². The first-order valence-electron chi connectivity index (χ1n) is 9.26. The summed E-state index contributed by atoms with van der Waals surface area (Å²) in [6.45, 7) is 5.18. The van der Waals surface area contributed by atoms with Crippen molar-refractivity contribution in [3.63, 3.8) is 0 Å². The minimum absolute atomic E-state index is 0.134. The van der Waals surface area contributed by atoms with E-state index in [-0.39, 0.29) is 5.91 Å². The van der Waals surface area contributed by atoms with Gasteiger partial charge < -0.3 is 14.7 Å². The highest BCUT2D eigenvalue weighted by atomic mass is 16.2. The minimum atomic E-state index is 0.134. The summed E-state index contributed by atoms with van der Waals surface area (Å²) in [5.41, 5.74) is 1.39. The number of hydrogen-bond donors (Lipinski definition) is 0. The van der Waals surface area contributed by atoms with Crippen LogP contribution in [0.25, 0.3) is 0 Å². The van der Waals surface area contributed by atoms with Crippen molar-refractivity contribution < 1.29 is 4.79 Å². The Labute approximate surface area is 154 Å². The number of benzene rings is 1. The summed E-state index contributed by atoms with van der Waals surface area (Å²) in [5, 5.41) is 0. The molecule has 2 aliphatic rings. The Morgan fingerprint density at radius 1 is 1.04 bits per heavy atom. The number of amides is 1. The van der Waals surface area contributed by atoms with E-state index in [1.165, 1.54) is 5.56 Å². The van der Waals surface area contributed by atoms with Crippen molar-refractivity contribution in [2.45, 2.75) is 25.3 Å². The summed E-state index contributed by atoms with van der Waals surface area (Å²) in [5.74, 6) is 2.44. The molecule has 2 unspecified atom stereocenters. The zero-order valence-corrected chi connectivity index (χ0v) is 15.4. The van der Waals surface area contributed by atoms with Gasteiger partial charge in [-0.05, 0) is 18.9 Å². The van der Waals surface area contributed by atoms with Crippen LogP contribution in [-0.2, 0) is 4.79 Å².